The molecule has 0 saturated heterocycles. The van der Waals surface area contributed by atoms with E-state index >= 15 is 0 Å². The van der Waals surface area contributed by atoms with Crippen molar-refractivity contribution in [2.45, 2.75) is 6.42 Å². The minimum Gasteiger partial charge on any atom is -0.396 e. The molecule has 1 N–H and O–H groups in total. The standard InChI is InChI=1S/C18H14O/c19-10-9-12-11-17-13-5-1-3-7-15(13)18(12)16-8-4-2-6-14(16)17/h1-8,11,19H,9-10H2. The lowest BCUT2D eigenvalue weighted by Gasteiger charge is -2.16. The molecule has 0 saturated carbocycles. The molecule has 0 fully saturated rings. The van der Waals surface area contributed by atoms with Crippen molar-refractivity contribution in [2.75, 3.05) is 6.61 Å². The first-order valence-electron chi connectivity index (χ1n) is 6.65. The SMILES string of the molecule is OCCc1cc2c3ccccc3c1c1ccccc21. The molecule has 0 atom stereocenters. The molecule has 5 rings (SSSR count). The predicted molar refractivity (Wildman–Crippen MR) is 80.9 cm³/mol. The van der Waals surface area contributed by atoms with Crippen LogP contribution in [0, 0.1) is 0 Å². The van der Waals surface area contributed by atoms with Gasteiger partial charge in [-0.2, -0.15) is 0 Å². The van der Waals surface area contributed by atoms with Crippen molar-refractivity contribution in [3.05, 3.63) is 60.2 Å². The molecular weight excluding hydrogens is 232 g/mol. The fourth-order valence-corrected chi connectivity index (χ4v) is 3.23. The molecule has 1 nitrogen and oxygen atoms in total. The van der Waals surface area contributed by atoms with Gasteiger partial charge in [0, 0.05) is 6.61 Å². The molecule has 5 aromatic carbocycles. The van der Waals surface area contributed by atoms with E-state index in [0.717, 1.165) is 6.42 Å². The van der Waals surface area contributed by atoms with Crippen molar-refractivity contribution >= 4 is 32.3 Å². The average molecular weight is 246 g/mol. The summed E-state index contributed by atoms with van der Waals surface area (Å²) in [5.41, 5.74) is 1.26. The van der Waals surface area contributed by atoms with Crippen LogP contribution in [0.2, 0.25) is 0 Å². The van der Waals surface area contributed by atoms with Crippen molar-refractivity contribution in [3.8, 4) is 0 Å². The third kappa shape index (κ3) is 1.39. The highest BCUT2D eigenvalue weighted by Gasteiger charge is 2.13. The highest BCUT2D eigenvalue weighted by atomic mass is 16.2. The predicted octanol–water partition coefficient (Wildman–Crippen LogP) is 4.12. The monoisotopic (exact) mass is 246 g/mol. The summed E-state index contributed by atoms with van der Waals surface area (Å²) in [5, 5.41) is 17.1. The summed E-state index contributed by atoms with van der Waals surface area (Å²) in [6.07, 6.45) is 0.724. The maximum absolute atomic E-state index is 9.28. The van der Waals surface area contributed by atoms with E-state index in [-0.39, 0.29) is 6.61 Å². The number of aliphatic hydroxyl groups is 1. The molecule has 0 spiro atoms. The summed E-state index contributed by atoms with van der Waals surface area (Å²) in [7, 11) is 0. The van der Waals surface area contributed by atoms with Crippen LogP contribution in [0.15, 0.2) is 54.6 Å². The number of hydrogen-bond donors (Lipinski definition) is 1. The summed E-state index contributed by atoms with van der Waals surface area (Å²) in [4.78, 5) is 0. The molecule has 0 aromatic heterocycles. The third-order valence-electron chi connectivity index (χ3n) is 3.99. The number of benzene rings is 5. The number of hydrogen-bond acceptors (Lipinski definition) is 1. The van der Waals surface area contributed by atoms with Gasteiger partial charge >= 0.3 is 0 Å². The van der Waals surface area contributed by atoms with Gasteiger partial charge in [-0.15, -0.1) is 0 Å². The smallest absolute Gasteiger partial charge is 0.0471 e. The Morgan fingerprint density at radius 1 is 0.684 bits per heavy atom. The van der Waals surface area contributed by atoms with E-state index in [1.807, 2.05) is 0 Å². The zero-order valence-electron chi connectivity index (χ0n) is 10.6. The first kappa shape index (κ1) is 10.8. The van der Waals surface area contributed by atoms with Crippen LogP contribution in [-0.2, 0) is 6.42 Å². The molecule has 1 heteroatoms. The van der Waals surface area contributed by atoms with Crippen molar-refractivity contribution in [2.24, 2.45) is 0 Å². The third-order valence-corrected chi connectivity index (χ3v) is 3.99. The van der Waals surface area contributed by atoms with Crippen LogP contribution in [0.5, 0.6) is 0 Å². The van der Waals surface area contributed by atoms with Gasteiger partial charge in [0.1, 0.15) is 0 Å². The minimum absolute atomic E-state index is 0.201. The van der Waals surface area contributed by atoms with Gasteiger partial charge in [-0.25, -0.2) is 0 Å². The van der Waals surface area contributed by atoms with E-state index in [0.29, 0.717) is 0 Å². The summed E-state index contributed by atoms with van der Waals surface area (Å²) < 4.78 is 0. The fourth-order valence-electron chi connectivity index (χ4n) is 3.23. The molecule has 0 aliphatic rings. The zero-order chi connectivity index (χ0) is 12.8. The molecular formula is C18H14O. The van der Waals surface area contributed by atoms with Gasteiger partial charge in [-0.05, 0) is 50.4 Å². The maximum atomic E-state index is 9.28. The molecule has 0 amide bonds. The molecule has 0 aliphatic heterocycles. The van der Waals surface area contributed by atoms with E-state index in [1.54, 1.807) is 0 Å². The van der Waals surface area contributed by atoms with Crippen LogP contribution in [0.25, 0.3) is 32.3 Å². The van der Waals surface area contributed by atoms with Crippen molar-refractivity contribution in [1.82, 2.24) is 0 Å². The van der Waals surface area contributed by atoms with Crippen LogP contribution in [0.3, 0.4) is 0 Å². The lowest BCUT2D eigenvalue weighted by molar-refractivity contribution is 0.300. The van der Waals surface area contributed by atoms with Crippen LogP contribution >= 0.6 is 0 Å². The van der Waals surface area contributed by atoms with Crippen LogP contribution in [0.4, 0.5) is 0 Å². The van der Waals surface area contributed by atoms with Crippen LogP contribution in [0.1, 0.15) is 5.56 Å². The summed E-state index contributed by atoms with van der Waals surface area (Å²) in [6.45, 7) is 0.201. The number of rotatable bonds is 2. The first-order chi connectivity index (χ1) is 9.40. The number of fused-ring (bicyclic) bond motifs is 1. The van der Waals surface area contributed by atoms with Gasteiger partial charge in [0.05, 0.1) is 0 Å². The van der Waals surface area contributed by atoms with E-state index < -0.39 is 0 Å². The van der Waals surface area contributed by atoms with E-state index in [9.17, 15) is 5.11 Å². The average Bonchev–Trinajstić information content (AvgIpc) is 2.48. The lowest BCUT2D eigenvalue weighted by Crippen LogP contribution is -1.96. The molecule has 0 radical (unpaired) electrons. The van der Waals surface area contributed by atoms with Crippen LogP contribution < -0.4 is 0 Å². The van der Waals surface area contributed by atoms with Crippen molar-refractivity contribution in [1.29, 1.82) is 0 Å². The Hall–Kier alpha value is -2.12. The molecule has 2 bridgehead atoms. The van der Waals surface area contributed by atoms with Gasteiger partial charge in [0.2, 0.25) is 0 Å². The van der Waals surface area contributed by atoms with Gasteiger partial charge in [0.15, 0.2) is 0 Å². The summed E-state index contributed by atoms with van der Waals surface area (Å²) in [5.74, 6) is 0. The second kappa shape index (κ2) is 3.94. The molecule has 0 unspecified atom stereocenters. The quantitative estimate of drug-likeness (QED) is 0.527. The van der Waals surface area contributed by atoms with Gasteiger partial charge in [-0.3, -0.25) is 0 Å². The Bertz CT molecular complexity index is 817. The topological polar surface area (TPSA) is 20.2 Å². The first-order valence-corrected chi connectivity index (χ1v) is 6.65. The normalized spacial score (nSPS) is 11.8. The Kier molecular flexibility index (Phi) is 2.23. The zero-order valence-corrected chi connectivity index (χ0v) is 10.6. The van der Waals surface area contributed by atoms with E-state index in [1.165, 1.54) is 37.9 Å². The highest BCUT2D eigenvalue weighted by Crippen LogP contribution is 2.39. The van der Waals surface area contributed by atoms with Crippen LogP contribution in [-0.4, -0.2) is 11.7 Å². The second-order valence-electron chi connectivity index (χ2n) is 5.02. The molecule has 0 heterocycles. The largest absolute Gasteiger partial charge is 0.396 e. The van der Waals surface area contributed by atoms with Gasteiger partial charge < -0.3 is 5.11 Å². The summed E-state index contributed by atoms with van der Waals surface area (Å²) >= 11 is 0. The minimum atomic E-state index is 0.201. The Balaban J connectivity index is 2.32. The maximum Gasteiger partial charge on any atom is 0.0471 e. The molecule has 92 valence electrons. The highest BCUT2D eigenvalue weighted by molar-refractivity contribution is 6.28. The van der Waals surface area contributed by atoms with Gasteiger partial charge in [-0.1, -0.05) is 48.5 Å². The Morgan fingerprint density at radius 3 is 1.74 bits per heavy atom. The number of aliphatic hydroxyl groups excluding tert-OH is 1. The second-order valence-corrected chi connectivity index (χ2v) is 5.02. The molecule has 0 aliphatic carbocycles. The molecule has 19 heavy (non-hydrogen) atoms. The fraction of sp³-hybridized carbons (Fsp3) is 0.111. The van der Waals surface area contributed by atoms with Crippen molar-refractivity contribution in [3.63, 3.8) is 0 Å². The Morgan fingerprint density at radius 2 is 1.21 bits per heavy atom. The van der Waals surface area contributed by atoms with E-state index in [4.69, 9.17) is 0 Å². The Labute approximate surface area is 111 Å². The van der Waals surface area contributed by atoms with Gasteiger partial charge in [0.25, 0.3) is 0 Å². The molecule has 5 aromatic rings. The lowest BCUT2D eigenvalue weighted by atomic mass is 9.87. The van der Waals surface area contributed by atoms with E-state index in [2.05, 4.69) is 54.6 Å². The van der Waals surface area contributed by atoms with Crippen molar-refractivity contribution < 1.29 is 5.11 Å². The summed E-state index contributed by atoms with van der Waals surface area (Å²) in [6, 6.07) is 19.4.